The molecule has 2 amide bonds. The number of carbonyl (C=O) groups excluding carboxylic acids is 3. The van der Waals surface area contributed by atoms with Gasteiger partial charge in [-0.25, -0.2) is 4.79 Å². The maximum atomic E-state index is 12.1. The SMILES string of the molecule is COC(=O)c1cc(C)ccc1NC(=O)/C=C/c1ccc(NC(C)=O)cc1. The lowest BCUT2D eigenvalue weighted by molar-refractivity contribution is -0.114. The van der Waals surface area contributed by atoms with Crippen LogP contribution in [0.3, 0.4) is 0 Å². The van der Waals surface area contributed by atoms with Crippen molar-refractivity contribution in [3.05, 3.63) is 65.2 Å². The molecule has 2 aromatic carbocycles. The average molecular weight is 352 g/mol. The first-order valence-electron chi connectivity index (χ1n) is 7.94. The van der Waals surface area contributed by atoms with E-state index in [9.17, 15) is 14.4 Å². The van der Waals surface area contributed by atoms with Crippen molar-refractivity contribution in [2.24, 2.45) is 0 Å². The zero-order valence-electron chi connectivity index (χ0n) is 14.8. The molecule has 0 aliphatic carbocycles. The number of ether oxygens (including phenoxy) is 1. The second kappa shape index (κ2) is 8.62. The molecule has 2 aromatic rings. The Labute approximate surface area is 151 Å². The number of carbonyl (C=O) groups is 3. The molecule has 0 radical (unpaired) electrons. The molecule has 0 bridgehead atoms. The maximum Gasteiger partial charge on any atom is 0.339 e. The van der Waals surface area contributed by atoms with E-state index in [2.05, 4.69) is 10.6 Å². The smallest absolute Gasteiger partial charge is 0.339 e. The number of hydrogen-bond acceptors (Lipinski definition) is 4. The first-order valence-corrected chi connectivity index (χ1v) is 7.94. The minimum Gasteiger partial charge on any atom is -0.465 e. The number of anilines is 2. The monoisotopic (exact) mass is 352 g/mol. The van der Waals surface area contributed by atoms with Gasteiger partial charge in [0.1, 0.15) is 0 Å². The summed E-state index contributed by atoms with van der Waals surface area (Å²) >= 11 is 0. The molecule has 0 aromatic heterocycles. The molecule has 134 valence electrons. The summed E-state index contributed by atoms with van der Waals surface area (Å²) in [6, 6.07) is 12.2. The standard InChI is InChI=1S/C20H20N2O4/c1-13-4-10-18(17(12-13)20(25)26-3)22-19(24)11-7-15-5-8-16(9-6-15)21-14(2)23/h4-12H,1-3H3,(H,21,23)(H,22,24)/b11-7+. The van der Waals surface area contributed by atoms with Crippen molar-refractivity contribution in [2.75, 3.05) is 17.7 Å². The van der Waals surface area contributed by atoms with Gasteiger partial charge in [0, 0.05) is 18.7 Å². The van der Waals surface area contributed by atoms with Crippen molar-refractivity contribution in [3.63, 3.8) is 0 Å². The van der Waals surface area contributed by atoms with Gasteiger partial charge in [0.15, 0.2) is 0 Å². The van der Waals surface area contributed by atoms with Crippen LogP contribution in [-0.4, -0.2) is 24.9 Å². The Hall–Kier alpha value is -3.41. The molecular weight excluding hydrogens is 332 g/mol. The van der Waals surface area contributed by atoms with Crippen LogP contribution in [0.25, 0.3) is 6.08 Å². The van der Waals surface area contributed by atoms with Gasteiger partial charge < -0.3 is 15.4 Å². The van der Waals surface area contributed by atoms with Gasteiger partial charge in [-0.1, -0.05) is 23.8 Å². The third-order valence-corrected chi connectivity index (χ3v) is 3.50. The summed E-state index contributed by atoms with van der Waals surface area (Å²) in [5.74, 6) is -1.03. The third-order valence-electron chi connectivity index (χ3n) is 3.50. The van der Waals surface area contributed by atoms with Gasteiger partial charge in [-0.3, -0.25) is 9.59 Å². The van der Waals surface area contributed by atoms with Gasteiger partial charge >= 0.3 is 5.97 Å². The van der Waals surface area contributed by atoms with Gasteiger partial charge in [-0.2, -0.15) is 0 Å². The third kappa shape index (κ3) is 5.31. The van der Waals surface area contributed by atoms with Crippen LogP contribution >= 0.6 is 0 Å². The highest BCUT2D eigenvalue weighted by Gasteiger charge is 2.13. The number of amides is 2. The fraction of sp³-hybridized carbons (Fsp3) is 0.150. The molecule has 0 saturated heterocycles. The van der Waals surface area contributed by atoms with Crippen molar-refractivity contribution in [1.29, 1.82) is 0 Å². The molecular formula is C20H20N2O4. The lowest BCUT2D eigenvalue weighted by Crippen LogP contribution is -2.13. The van der Waals surface area contributed by atoms with E-state index in [1.165, 1.54) is 20.1 Å². The number of esters is 1. The van der Waals surface area contributed by atoms with Crippen LogP contribution in [0.2, 0.25) is 0 Å². The summed E-state index contributed by atoms with van der Waals surface area (Å²) in [6.07, 6.45) is 3.01. The van der Waals surface area contributed by atoms with Gasteiger partial charge in [-0.15, -0.1) is 0 Å². The Morgan fingerprint density at radius 1 is 1.00 bits per heavy atom. The number of nitrogens with one attached hydrogen (secondary N) is 2. The van der Waals surface area contributed by atoms with Crippen molar-refractivity contribution in [1.82, 2.24) is 0 Å². The number of aryl methyl sites for hydroxylation is 1. The van der Waals surface area contributed by atoms with Gasteiger partial charge in [-0.05, 0) is 42.8 Å². The molecule has 0 atom stereocenters. The maximum absolute atomic E-state index is 12.1. The second-order valence-electron chi connectivity index (χ2n) is 5.67. The highest BCUT2D eigenvalue weighted by molar-refractivity contribution is 6.06. The molecule has 0 aliphatic heterocycles. The van der Waals surface area contributed by atoms with Crippen molar-refractivity contribution < 1.29 is 19.1 Å². The molecule has 6 heteroatoms. The first-order chi connectivity index (χ1) is 12.4. The largest absolute Gasteiger partial charge is 0.465 e. The van der Waals surface area contributed by atoms with Crippen molar-refractivity contribution in [2.45, 2.75) is 13.8 Å². The van der Waals surface area contributed by atoms with Crippen molar-refractivity contribution in [3.8, 4) is 0 Å². The lowest BCUT2D eigenvalue weighted by atomic mass is 10.1. The Kier molecular flexibility index (Phi) is 6.27. The molecule has 0 unspecified atom stereocenters. The van der Waals surface area contributed by atoms with Crippen LogP contribution in [0.1, 0.15) is 28.4 Å². The van der Waals surface area contributed by atoms with Crippen LogP contribution in [0.15, 0.2) is 48.5 Å². The molecule has 6 nitrogen and oxygen atoms in total. The van der Waals surface area contributed by atoms with E-state index >= 15 is 0 Å². The molecule has 0 saturated carbocycles. The summed E-state index contributed by atoms with van der Waals surface area (Å²) in [5.41, 5.74) is 3.05. The van der Waals surface area contributed by atoms with E-state index in [0.29, 0.717) is 16.9 Å². The quantitative estimate of drug-likeness (QED) is 0.638. The zero-order valence-corrected chi connectivity index (χ0v) is 14.8. The van der Waals surface area contributed by atoms with Crippen LogP contribution < -0.4 is 10.6 Å². The number of hydrogen-bond donors (Lipinski definition) is 2. The Morgan fingerprint density at radius 3 is 2.31 bits per heavy atom. The summed E-state index contributed by atoms with van der Waals surface area (Å²) in [4.78, 5) is 35.0. The molecule has 2 N–H and O–H groups in total. The average Bonchev–Trinajstić information content (AvgIpc) is 2.61. The van der Waals surface area contributed by atoms with Crippen molar-refractivity contribution >= 4 is 35.2 Å². The number of benzene rings is 2. The van der Waals surface area contributed by atoms with E-state index in [-0.39, 0.29) is 11.8 Å². The van der Waals surface area contributed by atoms with E-state index in [1.54, 1.807) is 48.5 Å². The fourth-order valence-electron chi connectivity index (χ4n) is 2.27. The summed E-state index contributed by atoms with van der Waals surface area (Å²) in [7, 11) is 1.29. The van der Waals surface area contributed by atoms with Crippen LogP contribution in [-0.2, 0) is 14.3 Å². The number of methoxy groups -OCH3 is 1. The molecule has 2 rings (SSSR count). The summed E-state index contributed by atoms with van der Waals surface area (Å²) in [5, 5.41) is 5.35. The molecule has 0 fully saturated rings. The summed E-state index contributed by atoms with van der Waals surface area (Å²) < 4.78 is 4.74. The van der Waals surface area contributed by atoms with E-state index in [4.69, 9.17) is 4.74 Å². The molecule has 0 aliphatic rings. The number of rotatable bonds is 5. The summed E-state index contributed by atoms with van der Waals surface area (Å²) in [6.45, 7) is 3.29. The predicted molar refractivity (Wildman–Crippen MR) is 101 cm³/mol. The Balaban J connectivity index is 2.08. The van der Waals surface area contributed by atoms with E-state index in [1.807, 2.05) is 6.92 Å². The fourth-order valence-corrected chi connectivity index (χ4v) is 2.27. The lowest BCUT2D eigenvalue weighted by Gasteiger charge is -2.09. The van der Waals surface area contributed by atoms with Gasteiger partial charge in [0.2, 0.25) is 11.8 Å². The Morgan fingerprint density at radius 2 is 1.69 bits per heavy atom. The topological polar surface area (TPSA) is 84.5 Å². The highest BCUT2D eigenvalue weighted by Crippen LogP contribution is 2.19. The van der Waals surface area contributed by atoms with E-state index < -0.39 is 5.97 Å². The first kappa shape index (κ1) is 18.9. The molecule has 26 heavy (non-hydrogen) atoms. The second-order valence-corrected chi connectivity index (χ2v) is 5.67. The minimum absolute atomic E-state index is 0.146. The van der Waals surface area contributed by atoms with Crippen LogP contribution in [0.4, 0.5) is 11.4 Å². The normalized spacial score (nSPS) is 10.4. The molecule has 0 spiro atoms. The molecule has 0 heterocycles. The van der Waals surface area contributed by atoms with Gasteiger partial charge in [0.05, 0.1) is 18.4 Å². The van der Waals surface area contributed by atoms with E-state index in [0.717, 1.165) is 11.1 Å². The van der Waals surface area contributed by atoms with Crippen LogP contribution in [0.5, 0.6) is 0 Å². The Bertz CT molecular complexity index is 855. The van der Waals surface area contributed by atoms with Gasteiger partial charge in [0.25, 0.3) is 0 Å². The zero-order chi connectivity index (χ0) is 19.1. The van der Waals surface area contributed by atoms with Crippen LogP contribution in [0, 0.1) is 6.92 Å². The predicted octanol–water partition coefficient (Wildman–Crippen LogP) is 3.39. The highest BCUT2D eigenvalue weighted by atomic mass is 16.5. The minimum atomic E-state index is -0.512.